The van der Waals surface area contributed by atoms with Crippen LogP contribution < -0.4 is 19.7 Å². The summed E-state index contributed by atoms with van der Waals surface area (Å²) in [5, 5.41) is 11.7. The first kappa shape index (κ1) is 19.8. The first-order chi connectivity index (χ1) is 13.0. The predicted octanol–water partition coefficient (Wildman–Crippen LogP) is 2.11. The zero-order valence-electron chi connectivity index (χ0n) is 15.3. The van der Waals surface area contributed by atoms with Gasteiger partial charge in [-0.3, -0.25) is 9.59 Å². The molecule has 0 saturated carbocycles. The van der Waals surface area contributed by atoms with Crippen molar-refractivity contribution in [2.24, 2.45) is 0 Å². The monoisotopic (exact) mass is 367 g/mol. The van der Waals surface area contributed by atoms with E-state index in [1.165, 1.54) is 11.8 Å². The molecule has 7 heteroatoms. The maximum Gasteiger partial charge on any atom is 0.240 e. The summed E-state index contributed by atoms with van der Waals surface area (Å²) in [6, 6.07) is 15.7. The van der Waals surface area contributed by atoms with Crippen LogP contribution in [0.1, 0.15) is 12.5 Å². The molecule has 0 aromatic heterocycles. The van der Waals surface area contributed by atoms with Crippen LogP contribution in [0.4, 0.5) is 5.69 Å². The van der Waals surface area contributed by atoms with Crippen LogP contribution in [0, 0.1) is 11.3 Å². The molecule has 0 unspecified atom stereocenters. The Morgan fingerprint density at radius 2 is 1.85 bits per heavy atom. The molecule has 0 radical (unpaired) electrons. The van der Waals surface area contributed by atoms with Crippen LogP contribution in [0.25, 0.3) is 0 Å². The Morgan fingerprint density at radius 3 is 2.48 bits per heavy atom. The highest BCUT2D eigenvalue weighted by molar-refractivity contribution is 5.97. The minimum atomic E-state index is -0.314. The lowest BCUT2D eigenvalue weighted by molar-refractivity contribution is -0.123. The van der Waals surface area contributed by atoms with Crippen LogP contribution in [-0.4, -0.2) is 38.6 Å². The fourth-order valence-corrected chi connectivity index (χ4v) is 2.36. The van der Waals surface area contributed by atoms with Gasteiger partial charge in [0, 0.05) is 12.6 Å². The molecule has 2 amide bonds. The fourth-order valence-electron chi connectivity index (χ4n) is 2.36. The van der Waals surface area contributed by atoms with Gasteiger partial charge in [0.15, 0.2) is 0 Å². The number of nitrogens with one attached hydrogen (secondary N) is 1. The van der Waals surface area contributed by atoms with Gasteiger partial charge >= 0.3 is 0 Å². The Hall–Kier alpha value is -3.53. The number of hydrogen-bond acceptors (Lipinski definition) is 5. The van der Waals surface area contributed by atoms with Crippen molar-refractivity contribution in [1.29, 1.82) is 5.26 Å². The average Bonchev–Trinajstić information content (AvgIpc) is 2.69. The van der Waals surface area contributed by atoms with E-state index in [2.05, 4.69) is 5.32 Å². The van der Waals surface area contributed by atoms with E-state index in [0.717, 1.165) is 5.75 Å². The topological polar surface area (TPSA) is 91.7 Å². The summed E-state index contributed by atoms with van der Waals surface area (Å²) in [4.78, 5) is 25.3. The summed E-state index contributed by atoms with van der Waals surface area (Å²) < 4.78 is 10.6. The second kappa shape index (κ2) is 9.82. The molecule has 0 aliphatic heterocycles. The molecule has 140 valence electrons. The van der Waals surface area contributed by atoms with E-state index in [-0.39, 0.29) is 18.4 Å². The van der Waals surface area contributed by atoms with Gasteiger partial charge in [0.2, 0.25) is 11.8 Å². The number of nitrogens with zero attached hydrogens (tertiary/aromatic N) is 2. The number of carbonyl (C=O) groups excluding carboxylic acids is 2. The van der Waals surface area contributed by atoms with Crippen molar-refractivity contribution in [3.05, 3.63) is 54.1 Å². The van der Waals surface area contributed by atoms with Crippen molar-refractivity contribution < 1.29 is 19.1 Å². The summed E-state index contributed by atoms with van der Waals surface area (Å²) >= 11 is 0. The van der Waals surface area contributed by atoms with E-state index < -0.39 is 0 Å². The molecule has 0 heterocycles. The van der Waals surface area contributed by atoms with Crippen LogP contribution in [0.2, 0.25) is 0 Å². The summed E-state index contributed by atoms with van der Waals surface area (Å²) in [6.07, 6.45) is 0. The largest absolute Gasteiger partial charge is 0.497 e. The Labute approximate surface area is 158 Å². The number of amides is 2. The molecule has 27 heavy (non-hydrogen) atoms. The van der Waals surface area contributed by atoms with Crippen molar-refractivity contribution in [2.45, 2.75) is 6.92 Å². The van der Waals surface area contributed by atoms with E-state index in [1.807, 2.05) is 6.07 Å². The zero-order chi connectivity index (χ0) is 19.6. The number of anilines is 1. The second-order valence-electron chi connectivity index (χ2n) is 5.64. The number of rotatable bonds is 8. The SMILES string of the molecule is COc1ccc(OCCNC(=O)CN(C(C)=O)c2cccc(C#N)c2)cc1. The van der Waals surface area contributed by atoms with Gasteiger partial charge in [0.1, 0.15) is 24.7 Å². The molecule has 0 aliphatic rings. The number of ether oxygens (including phenoxy) is 2. The highest BCUT2D eigenvalue weighted by Gasteiger charge is 2.16. The minimum absolute atomic E-state index is 0.132. The average molecular weight is 367 g/mol. The van der Waals surface area contributed by atoms with Crippen molar-refractivity contribution >= 4 is 17.5 Å². The minimum Gasteiger partial charge on any atom is -0.497 e. The third-order valence-corrected chi connectivity index (χ3v) is 3.72. The fraction of sp³-hybridized carbons (Fsp3) is 0.250. The standard InChI is InChI=1S/C20H21N3O4/c1-15(24)23(17-5-3-4-16(12-17)13-21)14-20(25)22-10-11-27-19-8-6-18(26-2)7-9-19/h3-9,12H,10-11,14H2,1-2H3,(H,22,25). The van der Waals surface area contributed by atoms with Crippen LogP contribution in [0.5, 0.6) is 11.5 Å². The molecule has 1 N–H and O–H groups in total. The molecule has 7 nitrogen and oxygen atoms in total. The van der Waals surface area contributed by atoms with Gasteiger partial charge in [0.05, 0.1) is 25.3 Å². The maximum atomic E-state index is 12.1. The molecule has 0 bridgehead atoms. The highest BCUT2D eigenvalue weighted by atomic mass is 16.5. The van der Waals surface area contributed by atoms with Gasteiger partial charge in [-0.1, -0.05) is 6.07 Å². The third kappa shape index (κ3) is 6.04. The number of methoxy groups -OCH3 is 1. The first-order valence-corrected chi connectivity index (χ1v) is 8.35. The van der Waals surface area contributed by atoms with E-state index in [0.29, 0.717) is 30.2 Å². The molecule has 0 aliphatic carbocycles. The maximum absolute atomic E-state index is 12.1. The Balaban J connectivity index is 1.83. The number of nitriles is 1. The molecule has 0 atom stereocenters. The molecule has 0 saturated heterocycles. The lowest BCUT2D eigenvalue weighted by Crippen LogP contribution is -2.41. The van der Waals surface area contributed by atoms with Crippen molar-refractivity contribution in [2.75, 3.05) is 31.7 Å². The van der Waals surface area contributed by atoms with Crippen molar-refractivity contribution in [3.63, 3.8) is 0 Å². The third-order valence-electron chi connectivity index (χ3n) is 3.72. The Morgan fingerprint density at radius 1 is 1.15 bits per heavy atom. The van der Waals surface area contributed by atoms with Gasteiger partial charge in [-0.2, -0.15) is 5.26 Å². The number of carbonyl (C=O) groups is 2. The molecular formula is C20H21N3O4. The van der Waals surface area contributed by atoms with E-state index in [4.69, 9.17) is 14.7 Å². The van der Waals surface area contributed by atoms with Gasteiger partial charge in [0.25, 0.3) is 0 Å². The molecule has 2 aromatic rings. The lowest BCUT2D eigenvalue weighted by Gasteiger charge is -2.21. The van der Waals surface area contributed by atoms with Crippen LogP contribution in [0.3, 0.4) is 0 Å². The quantitative estimate of drug-likeness (QED) is 0.722. The predicted molar refractivity (Wildman–Crippen MR) is 101 cm³/mol. The van der Waals surface area contributed by atoms with Crippen molar-refractivity contribution in [3.8, 4) is 17.6 Å². The number of benzene rings is 2. The van der Waals surface area contributed by atoms with Gasteiger partial charge in [-0.25, -0.2) is 0 Å². The van der Waals surface area contributed by atoms with E-state index in [1.54, 1.807) is 55.6 Å². The number of hydrogen-bond donors (Lipinski definition) is 1. The molecule has 2 aromatic carbocycles. The molecule has 0 fully saturated rings. The summed E-state index contributed by atoms with van der Waals surface area (Å²) in [6.45, 7) is 1.84. The van der Waals surface area contributed by atoms with E-state index >= 15 is 0 Å². The molecule has 0 spiro atoms. The zero-order valence-corrected chi connectivity index (χ0v) is 15.3. The second-order valence-corrected chi connectivity index (χ2v) is 5.64. The summed E-state index contributed by atoms with van der Waals surface area (Å²) in [7, 11) is 1.59. The normalized spacial score (nSPS) is 9.81. The van der Waals surface area contributed by atoms with Crippen LogP contribution >= 0.6 is 0 Å². The van der Waals surface area contributed by atoms with Gasteiger partial charge < -0.3 is 19.7 Å². The Bertz CT molecular complexity index is 828. The van der Waals surface area contributed by atoms with Gasteiger partial charge in [-0.15, -0.1) is 0 Å². The Kier molecular flexibility index (Phi) is 7.20. The smallest absolute Gasteiger partial charge is 0.240 e. The molecule has 2 rings (SSSR count). The highest BCUT2D eigenvalue weighted by Crippen LogP contribution is 2.17. The van der Waals surface area contributed by atoms with E-state index in [9.17, 15) is 9.59 Å². The first-order valence-electron chi connectivity index (χ1n) is 8.35. The van der Waals surface area contributed by atoms with Gasteiger partial charge in [-0.05, 0) is 42.5 Å². The van der Waals surface area contributed by atoms with Crippen molar-refractivity contribution in [1.82, 2.24) is 5.32 Å². The lowest BCUT2D eigenvalue weighted by atomic mass is 10.2. The van der Waals surface area contributed by atoms with Crippen LogP contribution in [-0.2, 0) is 9.59 Å². The summed E-state index contributed by atoms with van der Waals surface area (Å²) in [5.74, 6) is 0.810. The summed E-state index contributed by atoms with van der Waals surface area (Å²) in [5.41, 5.74) is 0.929. The van der Waals surface area contributed by atoms with Crippen LogP contribution in [0.15, 0.2) is 48.5 Å². The molecular weight excluding hydrogens is 346 g/mol.